The second-order valence-electron chi connectivity index (χ2n) is 6.12. The molecule has 2 aromatic carbocycles. The maximum absolute atomic E-state index is 12.5. The molecule has 5 heteroatoms. The molecule has 0 unspecified atom stereocenters. The van der Waals surface area contributed by atoms with E-state index >= 15 is 0 Å². The van der Waals surface area contributed by atoms with E-state index in [9.17, 15) is 9.59 Å². The SMILES string of the molecule is CC[C@H](NC(=O)Cn1ncc(=O)c2ccccc21)c1ccc(C)cc1. The van der Waals surface area contributed by atoms with E-state index in [0.29, 0.717) is 10.9 Å². The van der Waals surface area contributed by atoms with Crippen molar-refractivity contribution in [1.82, 2.24) is 15.1 Å². The summed E-state index contributed by atoms with van der Waals surface area (Å²) in [6.45, 7) is 4.15. The molecule has 3 rings (SSSR count). The quantitative estimate of drug-likeness (QED) is 0.779. The number of amides is 1. The van der Waals surface area contributed by atoms with Crippen molar-refractivity contribution in [3.05, 3.63) is 76.1 Å². The van der Waals surface area contributed by atoms with Gasteiger partial charge in [0, 0.05) is 5.39 Å². The normalized spacial score (nSPS) is 12.1. The van der Waals surface area contributed by atoms with Crippen molar-refractivity contribution >= 4 is 16.8 Å². The summed E-state index contributed by atoms with van der Waals surface area (Å²) < 4.78 is 1.56. The average Bonchev–Trinajstić information content (AvgIpc) is 2.63. The van der Waals surface area contributed by atoms with Gasteiger partial charge in [-0.25, -0.2) is 0 Å². The first kappa shape index (κ1) is 16.9. The van der Waals surface area contributed by atoms with E-state index in [0.717, 1.165) is 12.0 Å². The molecule has 25 heavy (non-hydrogen) atoms. The molecule has 0 radical (unpaired) electrons. The highest BCUT2D eigenvalue weighted by atomic mass is 16.2. The predicted molar refractivity (Wildman–Crippen MR) is 98.4 cm³/mol. The van der Waals surface area contributed by atoms with Crippen LogP contribution < -0.4 is 10.7 Å². The zero-order valence-corrected chi connectivity index (χ0v) is 14.4. The van der Waals surface area contributed by atoms with Crippen LogP contribution in [0.25, 0.3) is 10.9 Å². The molecule has 0 saturated heterocycles. The van der Waals surface area contributed by atoms with Gasteiger partial charge < -0.3 is 5.32 Å². The van der Waals surface area contributed by atoms with Gasteiger partial charge in [-0.15, -0.1) is 0 Å². The van der Waals surface area contributed by atoms with Crippen LogP contribution in [0.4, 0.5) is 0 Å². The van der Waals surface area contributed by atoms with Crippen molar-refractivity contribution in [2.75, 3.05) is 0 Å². The Hall–Kier alpha value is -2.95. The third-order valence-corrected chi connectivity index (χ3v) is 4.28. The zero-order valence-electron chi connectivity index (χ0n) is 14.4. The van der Waals surface area contributed by atoms with Crippen LogP contribution >= 0.6 is 0 Å². The molecule has 0 spiro atoms. The molecule has 1 aromatic heterocycles. The number of nitrogens with zero attached hydrogens (tertiary/aromatic N) is 2. The minimum atomic E-state index is -0.140. The number of aromatic nitrogens is 2. The van der Waals surface area contributed by atoms with Crippen molar-refractivity contribution in [2.24, 2.45) is 0 Å². The van der Waals surface area contributed by atoms with Gasteiger partial charge in [0.2, 0.25) is 11.3 Å². The first-order valence-corrected chi connectivity index (χ1v) is 8.39. The van der Waals surface area contributed by atoms with Crippen LogP contribution in [0.2, 0.25) is 0 Å². The maximum Gasteiger partial charge on any atom is 0.242 e. The molecule has 1 amide bonds. The number of benzene rings is 2. The molecule has 0 aliphatic heterocycles. The van der Waals surface area contributed by atoms with E-state index < -0.39 is 0 Å². The Balaban J connectivity index is 1.79. The molecular weight excluding hydrogens is 314 g/mol. The Labute approximate surface area is 146 Å². The zero-order chi connectivity index (χ0) is 17.8. The first-order chi connectivity index (χ1) is 12.1. The van der Waals surface area contributed by atoms with Gasteiger partial charge >= 0.3 is 0 Å². The number of carbonyl (C=O) groups is 1. The Bertz CT molecular complexity index is 945. The van der Waals surface area contributed by atoms with Gasteiger partial charge in [-0.1, -0.05) is 48.9 Å². The standard InChI is InChI=1S/C20H21N3O2/c1-3-17(15-10-8-14(2)9-11-15)22-20(25)13-23-18-7-5-4-6-16(18)19(24)12-21-23/h4-12,17H,3,13H2,1-2H3,(H,22,25)/t17-/m0/s1. The van der Waals surface area contributed by atoms with E-state index in [1.807, 2.05) is 44.2 Å². The Morgan fingerprint density at radius 1 is 1.16 bits per heavy atom. The van der Waals surface area contributed by atoms with Crippen LogP contribution in [-0.2, 0) is 11.3 Å². The second kappa shape index (κ2) is 7.30. The molecule has 3 aromatic rings. The van der Waals surface area contributed by atoms with Crippen molar-refractivity contribution in [2.45, 2.75) is 32.9 Å². The van der Waals surface area contributed by atoms with Crippen molar-refractivity contribution in [3.8, 4) is 0 Å². The molecule has 0 fully saturated rings. The molecular formula is C20H21N3O2. The van der Waals surface area contributed by atoms with Crippen molar-refractivity contribution in [3.63, 3.8) is 0 Å². The highest BCUT2D eigenvalue weighted by molar-refractivity contribution is 5.81. The number of carbonyl (C=O) groups excluding carboxylic acids is 1. The van der Waals surface area contributed by atoms with Crippen molar-refractivity contribution in [1.29, 1.82) is 0 Å². The fourth-order valence-corrected chi connectivity index (χ4v) is 2.88. The van der Waals surface area contributed by atoms with E-state index in [2.05, 4.69) is 10.4 Å². The molecule has 1 atom stereocenters. The molecule has 128 valence electrons. The number of rotatable bonds is 5. The summed E-state index contributed by atoms with van der Waals surface area (Å²) in [4.78, 5) is 24.4. The van der Waals surface area contributed by atoms with Gasteiger partial charge in [-0.2, -0.15) is 5.10 Å². The Morgan fingerprint density at radius 3 is 2.60 bits per heavy atom. The molecule has 1 heterocycles. The Morgan fingerprint density at radius 2 is 1.88 bits per heavy atom. The number of hydrogen-bond acceptors (Lipinski definition) is 3. The lowest BCUT2D eigenvalue weighted by Gasteiger charge is -2.18. The number of nitrogens with one attached hydrogen (secondary N) is 1. The summed E-state index contributed by atoms with van der Waals surface area (Å²) in [5.74, 6) is -0.131. The van der Waals surface area contributed by atoms with Gasteiger partial charge in [-0.05, 0) is 31.0 Å². The van der Waals surface area contributed by atoms with Crippen molar-refractivity contribution < 1.29 is 4.79 Å². The van der Waals surface area contributed by atoms with Gasteiger partial charge in [0.05, 0.1) is 17.8 Å². The molecule has 1 N–H and O–H groups in total. The summed E-state index contributed by atoms with van der Waals surface area (Å²) >= 11 is 0. The minimum Gasteiger partial charge on any atom is -0.348 e. The monoisotopic (exact) mass is 335 g/mol. The molecule has 5 nitrogen and oxygen atoms in total. The predicted octanol–water partition coefficient (Wildman–Crippen LogP) is 2.97. The fourth-order valence-electron chi connectivity index (χ4n) is 2.88. The highest BCUT2D eigenvalue weighted by Gasteiger charge is 2.14. The lowest BCUT2D eigenvalue weighted by Crippen LogP contribution is -2.32. The lowest BCUT2D eigenvalue weighted by molar-refractivity contribution is -0.122. The van der Waals surface area contributed by atoms with Gasteiger partial charge in [0.1, 0.15) is 6.54 Å². The van der Waals surface area contributed by atoms with Crippen LogP contribution in [0, 0.1) is 6.92 Å². The van der Waals surface area contributed by atoms with E-state index in [-0.39, 0.29) is 23.9 Å². The number of fused-ring (bicyclic) bond motifs is 1. The summed E-state index contributed by atoms with van der Waals surface area (Å²) in [6, 6.07) is 15.3. The van der Waals surface area contributed by atoms with E-state index in [1.165, 1.54) is 11.8 Å². The third kappa shape index (κ3) is 3.76. The van der Waals surface area contributed by atoms with E-state index in [4.69, 9.17) is 0 Å². The number of aryl methyl sites for hydroxylation is 1. The molecule has 0 bridgehead atoms. The molecule has 0 aliphatic rings. The summed E-state index contributed by atoms with van der Waals surface area (Å²) in [6.07, 6.45) is 2.06. The number of para-hydroxylation sites is 1. The van der Waals surface area contributed by atoms with Gasteiger partial charge in [0.15, 0.2) is 0 Å². The summed E-state index contributed by atoms with van der Waals surface area (Å²) in [5, 5.41) is 7.73. The highest BCUT2D eigenvalue weighted by Crippen LogP contribution is 2.17. The minimum absolute atomic E-state index is 0.0428. The van der Waals surface area contributed by atoms with E-state index in [1.54, 1.807) is 22.9 Å². The lowest BCUT2D eigenvalue weighted by atomic mass is 10.0. The maximum atomic E-state index is 12.5. The summed E-state index contributed by atoms with van der Waals surface area (Å²) in [7, 11) is 0. The van der Waals surface area contributed by atoms with Crippen LogP contribution in [0.5, 0.6) is 0 Å². The topological polar surface area (TPSA) is 64.0 Å². The molecule has 0 saturated carbocycles. The third-order valence-electron chi connectivity index (χ3n) is 4.28. The van der Waals surface area contributed by atoms with Gasteiger partial charge in [-0.3, -0.25) is 14.3 Å². The van der Waals surface area contributed by atoms with Gasteiger partial charge in [0.25, 0.3) is 0 Å². The smallest absolute Gasteiger partial charge is 0.242 e. The first-order valence-electron chi connectivity index (χ1n) is 8.39. The largest absolute Gasteiger partial charge is 0.348 e. The van der Waals surface area contributed by atoms with Crippen LogP contribution in [0.15, 0.2) is 59.5 Å². The van der Waals surface area contributed by atoms with Crippen LogP contribution in [-0.4, -0.2) is 15.7 Å². The van der Waals surface area contributed by atoms with Crippen LogP contribution in [0.1, 0.15) is 30.5 Å². The Kier molecular flexibility index (Phi) is 4.93. The fraction of sp³-hybridized carbons (Fsp3) is 0.250. The molecule has 0 aliphatic carbocycles. The summed E-state index contributed by atoms with van der Waals surface area (Å²) in [5.41, 5.74) is 2.79. The van der Waals surface area contributed by atoms with Crippen LogP contribution in [0.3, 0.4) is 0 Å². The number of hydrogen-bond donors (Lipinski definition) is 1. The average molecular weight is 335 g/mol. The second-order valence-corrected chi connectivity index (χ2v) is 6.12.